The fourth-order valence-corrected chi connectivity index (χ4v) is 2.61. The van der Waals surface area contributed by atoms with Crippen LogP contribution in [0.5, 0.6) is 0 Å². The number of hydrogen-bond acceptors (Lipinski definition) is 3. The molecule has 1 aromatic rings. The highest BCUT2D eigenvalue weighted by Crippen LogP contribution is 2.05. The Bertz CT molecular complexity index is 511. The average molecular weight is 318 g/mol. The molecule has 23 heavy (non-hydrogen) atoms. The SMILES string of the molecule is CCOC(=O)N1CCN(C(=NC)NCCc2ccccc2)CC1. The summed E-state index contributed by atoms with van der Waals surface area (Å²) in [7, 11) is 1.79. The van der Waals surface area contributed by atoms with Crippen LogP contribution in [-0.2, 0) is 11.2 Å². The van der Waals surface area contributed by atoms with Crippen LogP contribution in [-0.4, -0.2) is 68.2 Å². The standard InChI is InChI=1S/C17H26N4O2/c1-3-23-17(22)21-13-11-20(12-14-21)16(18-2)19-10-9-15-7-5-4-6-8-15/h4-8H,3,9-14H2,1-2H3,(H,18,19). The van der Waals surface area contributed by atoms with Crippen LogP contribution in [0, 0.1) is 0 Å². The molecule has 1 saturated heterocycles. The molecule has 1 heterocycles. The first-order chi connectivity index (χ1) is 11.2. The molecule has 0 bridgehead atoms. The quantitative estimate of drug-likeness (QED) is 0.676. The van der Waals surface area contributed by atoms with E-state index in [0.29, 0.717) is 19.7 Å². The molecule has 1 N–H and O–H groups in total. The minimum Gasteiger partial charge on any atom is -0.450 e. The summed E-state index contributed by atoms with van der Waals surface area (Å²) in [6.07, 6.45) is 0.738. The second-order valence-corrected chi connectivity index (χ2v) is 5.38. The van der Waals surface area contributed by atoms with Crippen LogP contribution in [0.1, 0.15) is 12.5 Å². The number of aliphatic imine (C=N–C) groups is 1. The first-order valence-electron chi connectivity index (χ1n) is 8.15. The normalized spacial score (nSPS) is 15.5. The van der Waals surface area contributed by atoms with Crippen molar-refractivity contribution in [2.24, 2.45) is 4.99 Å². The second kappa shape index (κ2) is 9.02. The molecule has 1 fully saturated rings. The number of piperazine rings is 1. The van der Waals surface area contributed by atoms with Gasteiger partial charge in [0.25, 0.3) is 0 Å². The third-order valence-electron chi connectivity index (χ3n) is 3.86. The van der Waals surface area contributed by atoms with Gasteiger partial charge in [0.1, 0.15) is 0 Å². The lowest BCUT2D eigenvalue weighted by molar-refractivity contribution is 0.0915. The Morgan fingerprint density at radius 1 is 1.17 bits per heavy atom. The number of guanidine groups is 1. The van der Waals surface area contributed by atoms with E-state index in [1.54, 1.807) is 11.9 Å². The van der Waals surface area contributed by atoms with Gasteiger partial charge in [-0.15, -0.1) is 0 Å². The van der Waals surface area contributed by atoms with Crippen LogP contribution in [0.3, 0.4) is 0 Å². The van der Waals surface area contributed by atoms with E-state index >= 15 is 0 Å². The average Bonchev–Trinajstić information content (AvgIpc) is 2.60. The number of nitrogens with one attached hydrogen (secondary N) is 1. The molecule has 0 saturated carbocycles. The van der Waals surface area contributed by atoms with Gasteiger partial charge in [0, 0.05) is 39.8 Å². The summed E-state index contributed by atoms with van der Waals surface area (Å²) in [5, 5.41) is 3.40. The van der Waals surface area contributed by atoms with E-state index in [1.807, 2.05) is 13.0 Å². The highest BCUT2D eigenvalue weighted by molar-refractivity contribution is 5.80. The van der Waals surface area contributed by atoms with Gasteiger partial charge in [-0.05, 0) is 18.9 Å². The molecular formula is C17H26N4O2. The minimum atomic E-state index is -0.223. The summed E-state index contributed by atoms with van der Waals surface area (Å²) in [6.45, 7) is 5.95. The van der Waals surface area contributed by atoms with E-state index in [-0.39, 0.29) is 6.09 Å². The van der Waals surface area contributed by atoms with Gasteiger partial charge in [-0.1, -0.05) is 30.3 Å². The Morgan fingerprint density at radius 2 is 1.83 bits per heavy atom. The van der Waals surface area contributed by atoms with Crippen LogP contribution in [0.15, 0.2) is 35.3 Å². The molecule has 6 heteroatoms. The van der Waals surface area contributed by atoms with Crippen LogP contribution in [0.4, 0.5) is 4.79 Å². The third-order valence-corrected chi connectivity index (χ3v) is 3.86. The summed E-state index contributed by atoms with van der Waals surface area (Å²) in [5.74, 6) is 0.893. The molecule has 0 atom stereocenters. The lowest BCUT2D eigenvalue weighted by Gasteiger charge is -2.35. The third kappa shape index (κ3) is 5.16. The van der Waals surface area contributed by atoms with Gasteiger partial charge in [0.15, 0.2) is 5.96 Å². The molecule has 126 valence electrons. The topological polar surface area (TPSA) is 57.2 Å². The monoisotopic (exact) mass is 318 g/mol. The number of hydrogen-bond donors (Lipinski definition) is 1. The largest absolute Gasteiger partial charge is 0.450 e. The summed E-state index contributed by atoms with van der Waals surface area (Å²) in [4.78, 5) is 20.0. The fourth-order valence-electron chi connectivity index (χ4n) is 2.61. The van der Waals surface area contributed by atoms with Crippen molar-refractivity contribution < 1.29 is 9.53 Å². The summed E-state index contributed by atoms with van der Waals surface area (Å²) < 4.78 is 5.04. The lowest BCUT2D eigenvalue weighted by Crippen LogP contribution is -2.54. The Morgan fingerprint density at radius 3 is 2.43 bits per heavy atom. The first kappa shape index (κ1) is 17.1. The smallest absolute Gasteiger partial charge is 0.409 e. The zero-order chi connectivity index (χ0) is 16.5. The van der Waals surface area contributed by atoms with E-state index in [0.717, 1.165) is 32.0 Å². The number of rotatable bonds is 4. The Balaban J connectivity index is 1.76. The van der Waals surface area contributed by atoms with E-state index in [1.165, 1.54) is 5.56 Å². The first-order valence-corrected chi connectivity index (χ1v) is 8.15. The number of amides is 1. The molecule has 0 unspecified atom stereocenters. The number of ether oxygens (including phenoxy) is 1. The molecule has 0 radical (unpaired) electrons. The van der Waals surface area contributed by atoms with Crippen molar-refractivity contribution in [1.29, 1.82) is 0 Å². The van der Waals surface area contributed by atoms with E-state index in [4.69, 9.17) is 4.74 Å². The van der Waals surface area contributed by atoms with Crippen LogP contribution >= 0.6 is 0 Å². The maximum absolute atomic E-state index is 11.7. The van der Waals surface area contributed by atoms with Gasteiger partial charge in [-0.25, -0.2) is 4.79 Å². The maximum Gasteiger partial charge on any atom is 0.409 e. The fraction of sp³-hybridized carbons (Fsp3) is 0.529. The van der Waals surface area contributed by atoms with E-state index < -0.39 is 0 Å². The maximum atomic E-state index is 11.7. The van der Waals surface area contributed by atoms with E-state index in [2.05, 4.69) is 39.5 Å². The molecule has 0 aliphatic carbocycles. The number of nitrogens with zero attached hydrogens (tertiary/aromatic N) is 3. The van der Waals surface area contributed by atoms with Gasteiger partial charge in [-0.2, -0.15) is 0 Å². The molecule has 1 aliphatic rings. The van der Waals surface area contributed by atoms with Gasteiger partial charge in [0.05, 0.1) is 6.61 Å². The Hall–Kier alpha value is -2.24. The van der Waals surface area contributed by atoms with Crippen LogP contribution < -0.4 is 5.32 Å². The van der Waals surface area contributed by atoms with Crippen molar-refractivity contribution in [2.75, 3.05) is 46.4 Å². The Kier molecular flexibility index (Phi) is 6.72. The van der Waals surface area contributed by atoms with Crippen LogP contribution in [0.25, 0.3) is 0 Å². The van der Waals surface area contributed by atoms with Crippen molar-refractivity contribution in [2.45, 2.75) is 13.3 Å². The van der Waals surface area contributed by atoms with Crippen molar-refractivity contribution in [3.05, 3.63) is 35.9 Å². The molecule has 6 nitrogen and oxygen atoms in total. The number of carbonyl (C=O) groups is 1. The second-order valence-electron chi connectivity index (χ2n) is 5.38. The molecule has 0 spiro atoms. The van der Waals surface area contributed by atoms with E-state index in [9.17, 15) is 4.79 Å². The van der Waals surface area contributed by atoms with Gasteiger partial charge in [-0.3, -0.25) is 4.99 Å². The summed E-state index contributed by atoms with van der Waals surface area (Å²) in [5.41, 5.74) is 1.31. The van der Waals surface area contributed by atoms with Crippen LogP contribution in [0.2, 0.25) is 0 Å². The van der Waals surface area contributed by atoms with Crippen molar-refractivity contribution in [3.8, 4) is 0 Å². The molecule has 1 aromatic carbocycles. The predicted molar refractivity (Wildman–Crippen MR) is 91.7 cm³/mol. The highest BCUT2D eigenvalue weighted by atomic mass is 16.6. The lowest BCUT2D eigenvalue weighted by atomic mass is 10.1. The van der Waals surface area contributed by atoms with Crippen molar-refractivity contribution in [3.63, 3.8) is 0 Å². The van der Waals surface area contributed by atoms with Crippen molar-refractivity contribution >= 4 is 12.1 Å². The molecule has 2 rings (SSSR count). The predicted octanol–water partition coefficient (Wildman–Crippen LogP) is 1.58. The van der Waals surface area contributed by atoms with Gasteiger partial charge < -0.3 is 19.9 Å². The molecule has 1 aliphatic heterocycles. The zero-order valence-corrected chi connectivity index (χ0v) is 14.0. The molecular weight excluding hydrogens is 292 g/mol. The number of carbonyl (C=O) groups excluding carboxylic acids is 1. The van der Waals surface area contributed by atoms with Crippen molar-refractivity contribution in [1.82, 2.24) is 15.1 Å². The van der Waals surface area contributed by atoms with Gasteiger partial charge >= 0.3 is 6.09 Å². The molecule has 1 amide bonds. The number of benzene rings is 1. The summed E-state index contributed by atoms with van der Waals surface area (Å²) in [6, 6.07) is 10.4. The highest BCUT2D eigenvalue weighted by Gasteiger charge is 2.23. The summed E-state index contributed by atoms with van der Waals surface area (Å²) >= 11 is 0. The Labute approximate surface area is 138 Å². The molecule has 0 aromatic heterocycles. The van der Waals surface area contributed by atoms with Gasteiger partial charge in [0.2, 0.25) is 0 Å². The minimum absolute atomic E-state index is 0.223. The zero-order valence-electron chi connectivity index (χ0n) is 14.0.